The molecule has 1 aliphatic heterocycles. The van der Waals surface area contributed by atoms with Gasteiger partial charge in [-0.15, -0.1) is 11.3 Å². The first-order valence-corrected chi connectivity index (χ1v) is 9.36. The maximum Gasteiger partial charge on any atom is 0.326 e. The fraction of sp³-hybridized carbons (Fsp3) is 0.111. The quantitative estimate of drug-likeness (QED) is 0.471. The number of halogens is 2. The molecule has 2 amide bonds. The van der Waals surface area contributed by atoms with E-state index in [4.69, 9.17) is 27.9 Å². The number of aromatic nitrogens is 1. The van der Waals surface area contributed by atoms with Crippen molar-refractivity contribution < 1.29 is 19.1 Å². The fourth-order valence-corrected chi connectivity index (χ4v) is 3.93. The maximum absolute atomic E-state index is 12.4. The first-order chi connectivity index (χ1) is 12.9. The van der Waals surface area contributed by atoms with Gasteiger partial charge in [-0.25, -0.2) is 4.98 Å². The molecule has 0 saturated heterocycles. The van der Waals surface area contributed by atoms with Crippen LogP contribution in [0.2, 0.25) is 10.0 Å². The van der Waals surface area contributed by atoms with Crippen LogP contribution < -0.4 is 0 Å². The number of benzene rings is 2. The number of nitrogens with zero attached hydrogens (tertiary/aromatic N) is 2. The van der Waals surface area contributed by atoms with Gasteiger partial charge in [0.2, 0.25) is 0 Å². The predicted molar refractivity (Wildman–Crippen MR) is 101 cm³/mol. The maximum atomic E-state index is 12.4. The molecule has 0 bridgehead atoms. The lowest BCUT2D eigenvalue weighted by Crippen LogP contribution is -2.35. The Hall–Kier alpha value is -2.48. The third-order valence-electron chi connectivity index (χ3n) is 3.99. The standard InChI is InChI=1S/C18H10Cl2N2O4S/c19-11-5-9-10(6-12(11)20)18(25)22(17(9)24)7-16(23)26-8-15-21-13-3-1-2-4-14(13)27-15/h1-6H,7-8H2. The summed E-state index contributed by atoms with van der Waals surface area (Å²) in [6.45, 7) is -0.522. The molecule has 136 valence electrons. The lowest BCUT2D eigenvalue weighted by atomic mass is 10.1. The molecular formula is C18H10Cl2N2O4S. The van der Waals surface area contributed by atoms with Crippen LogP contribution in [0.4, 0.5) is 0 Å². The molecule has 0 saturated carbocycles. The van der Waals surface area contributed by atoms with E-state index >= 15 is 0 Å². The largest absolute Gasteiger partial charge is 0.457 e. The van der Waals surface area contributed by atoms with Crippen molar-refractivity contribution in [1.29, 1.82) is 0 Å². The van der Waals surface area contributed by atoms with Gasteiger partial charge in [-0.2, -0.15) is 0 Å². The number of hydrogen-bond donors (Lipinski definition) is 0. The zero-order chi connectivity index (χ0) is 19.1. The van der Waals surface area contributed by atoms with Gasteiger partial charge in [-0.3, -0.25) is 19.3 Å². The van der Waals surface area contributed by atoms with Crippen LogP contribution in [-0.4, -0.2) is 34.2 Å². The SMILES string of the molecule is O=C(CN1C(=O)c2cc(Cl)c(Cl)cc2C1=O)OCc1nc2ccccc2s1. The van der Waals surface area contributed by atoms with Gasteiger partial charge in [0.15, 0.2) is 0 Å². The van der Waals surface area contributed by atoms with E-state index in [-0.39, 0.29) is 27.8 Å². The van der Waals surface area contributed by atoms with Crippen molar-refractivity contribution in [2.45, 2.75) is 6.61 Å². The van der Waals surface area contributed by atoms with Crippen LogP contribution in [-0.2, 0) is 16.1 Å². The van der Waals surface area contributed by atoms with Gasteiger partial charge in [0.1, 0.15) is 18.2 Å². The molecule has 6 nitrogen and oxygen atoms in total. The zero-order valence-electron chi connectivity index (χ0n) is 13.6. The molecule has 0 unspecified atom stereocenters. The van der Waals surface area contributed by atoms with Crippen LogP contribution in [0.15, 0.2) is 36.4 Å². The topological polar surface area (TPSA) is 76.6 Å². The normalized spacial score (nSPS) is 13.3. The Morgan fingerprint density at radius 2 is 1.70 bits per heavy atom. The van der Waals surface area contributed by atoms with Gasteiger partial charge in [0, 0.05) is 0 Å². The number of rotatable bonds is 4. The third-order valence-corrected chi connectivity index (χ3v) is 5.73. The van der Waals surface area contributed by atoms with E-state index in [1.807, 2.05) is 24.3 Å². The first-order valence-electron chi connectivity index (χ1n) is 7.79. The highest BCUT2D eigenvalue weighted by Gasteiger charge is 2.37. The third kappa shape index (κ3) is 3.29. The van der Waals surface area contributed by atoms with Gasteiger partial charge >= 0.3 is 5.97 Å². The van der Waals surface area contributed by atoms with Crippen LogP contribution in [0.5, 0.6) is 0 Å². The van der Waals surface area contributed by atoms with E-state index in [9.17, 15) is 14.4 Å². The minimum Gasteiger partial charge on any atom is -0.457 e. The van der Waals surface area contributed by atoms with Crippen molar-refractivity contribution in [3.63, 3.8) is 0 Å². The zero-order valence-corrected chi connectivity index (χ0v) is 15.9. The highest BCUT2D eigenvalue weighted by molar-refractivity contribution is 7.18. The minimum atomic E-state index is -0.707. The lowest BCUT2D eigenvalue weighted by Gasteiger charge is -2.12. The van der Waals surface area contributed by atoms with E-state index in [2.05, 4.69) is 4.98 Å². The van der Waals surface area contributed by atoms with E-state index in [0.717, 1.165) is 15.1 Å². The van der Waals surface area contributed by atoms with Crippen LogP contribution in [0.3, 0.4) is 0 Å². The average molecular weight is 421 g/mol. The van der Waals surface area contributed by atoms with Gasteiger partial charge in [0.05, 0.1) is 31.4 Å². The second-order valence-corrected chi connectivity index (χ2v) is 7.67. The number of carbonyl (C=O) groups is 3. The average Bonchev–Trinajstić information content (AvgIpc) is 3.16. The summed E-state index contributed by atoms with van der Waals surface area (Å²) in [5.74, 6) is -1.92. The summed E-state index contributed by atoms with van der Waals surface area (Å²) in [7, 11) is 0. The molecule has 0 spiro atoms. The fourth-order valence-electron chi connectivity index (χ4n) is 2.73. The predicted octanol–water partition coefficient (Wildman–Crippen LogP) is 3.94. The van der Waals surface area contributed by atoms with Gasteiger partial charge < -0.3 is 4.74 Å². The molecule has 0 aliphatic carbocycles. The molecule has 0 fully saturated rings. The summed E-state index contributed by atoms with van der Waals surface area (Å²) >= 11 is 13.2. The van der Waals surface area contributed by atoms with Crippen LogP contribution in [0.1, 0.15) is 25.7 Å². The molecule has 2 heterocycles. The Labute approximate surface area is 167 Å². The molecule has 9 heteroatoms. The second kappa shape index (κ2) is 6.92. The molecule has 2 aromatic carbocycles. The first kappa shape index (κ1) is 17.9. The Bertz CT molecular complexity index is 1040. The molecule has 1 aliphatic rings. The number of hydrogen-bond acceptors (Lipinski definition) is 6. The van der Waals surface area contributed by atoms with Crippen molar-refractivity contribution >= 4 is 62.5 Å². The summed E-state index contributed by atoms with van der Waals surface area (Å²) in [4.78, 5) is 42.1. The van der Waals surface area contributed by atoms with Crippen molar-refractivity contribution in [1.82, 2.24) is 9.88 Å². The van der Waals surface area contributed by atoms with E-state index in [1.54, 1.807) is 0 Å². The Morgan fingerprint density at radius 1 is 1.07 bits per heavy atom. The Balaban J connectivity index is 1.44. The molecular weight excluding hydrogens is 411 g/mol. The number of esters is 1. The van der Waals surface area contributed by atoms with Gasteiger partial charge in [-0.05, 0) is 24.3 Å². The van der Waals surface area contributed by atoms with Crippen molar-refractivity contribution in [2.24, 2.45) is 0 Å². The number of carbonyl (C=O) groups excluding carboxylic acids is 3. The summed E-state index contributed by atoms with van der Waals surface area (Å²) in [5, 5.41) is 0.958. The Morgan fingerprint density at radius 3 is 2.33 bits per heavy atom. The van der Waals surface area contributed by atoms with E-state index < -0.39 is 24.3 Å². The molecule has 1 aromatic heterocycles. The molecule has 3 aromatic rings. The highest BCUT2D eigenvalue weighted by atomic mass is 35.5. The minimum absolute atomic E-state index is 0.0288. The lowest BCUT2D eigenvalue weighted by molar-refractivity contribution is -0.145. The van der Waals surface area contributed by atoms with Crippen LogP contribution in [0.25, 0.3) is 10.2 Å². The number of fused-ring (bicyclic) bond motifs is 2. The summed E-state index contributed by atoms with van der Waals surface area (Å²) < 4.78 is 6.16. The van der Waals surface area contributed by atoms with E-state index in [0.29, 0.717) is 5.01 Å². The van der Waals surface area contributed by atoms with E-state index in [1.165, 1.54) is 23.5 Å². The smallest absolute Gasteiger partial charge is 0.326 e. The number of amides is 2. The summed E-state index contributed by atoms with van der Waals surface area (Å²) in [6, 6.07) is 10.2. The molecule has 27 heavy (non-hydrogen) atoms. The Kier molecular flexibility index (Phi) is 4.59. The molecule has 0 N–H and O–H groups in total. The van der Waals surface area contributed by atoms with Gasteiger partial charge in [-0.1, -0.05) is 35.3 Å². The molecule has 4 rings (SSSR count). The number of imide groups is 1. The number of thiazole rings is 1. The second-order valence-electron chi connectivity index (χ2n) is 5.74. The van der Waals surface area contributed by atoms with Crippen molar-refractivity contribution in [3.05, 3.63) is 62.6 Å². The molecule has 0 radical (unpaired) electrons. The number of ether oxygens (including phenoxy) is 1. The summed E-state index contributed by atoms with van der Waals surface area (Å²) in [5.41, 5.74) is 1.06. The molecule has 0 atom stereocenters. The van der Waals surface area contributed by atoms with Gasteiger partial charge in [0.25, 0.3) is 11.8 Å². The summed E-state index contributed by atoms with van der Waals surface area (Å²) in [6.07, 6.45) is 0. The highest BCUT2D eigenvalue weighted by Crippen LogP contribution is 2.31. The van der Waals surface area contributed by atoms with Crippen molar-refractivity contribution in [3.8, 4) is 0 Å². The monoisotopic (exact) mass is 420 g/mol. The number of para-hydroxylation sites is 1. The van der Waals surface area contributed by atoms with Crippen LogP contribution >= 0.6 is 34.5 Å². The van der Waals surface area contributed by atoms with Crippen molar-refractivity contribution in [2.75, 3.05) is 6.54 Å². The van der Waals surface area contributed by atoms with Crippen LogP contribution in [0, 0.1) is 0 Å².